The summed E-state index contributed by atoms with van der Waals surface area (Å²) in [6.45, 7) is 4.38. The maximum atomic E-state index is 10.8. The van der Waals surface area contributed by atoms with Gasteiger partial charge in [-0.2, -0.15) is 8.42 Å². The minimum Gasteiger partial charge on any atom is -0.251 e. The molecule has 0 atom stereocenters. The van der Waals surface area contributed by atoms with E-state index >= 15 is 0 Å². The summed E-state index contributed by atoms with van der Waals surface area (Å²) in [4.78, 5) is 0. The highest BCUT2D eigenvalue weighted by atomic mass is 32.2. The van der Waals surface area contributed by atoms with Gasteiger partial charge in [0.1, 0.15) is 12.4 Å². The number of hydrogen-bond acceptors (Lipinski definition) is 2. The van der Waals surface area contributed by atoms with Gasteiger partial charge >= 0.3 is 10.3 Å². The van der Waals surface area contributed by atoms with Gasteiger partial charge in [0.25, 0.3) is 5.82 Å². The molecule has 0 aliphatic heterocycles. The van der Waals surface area contributed by atoms with Crippen LogP contribution >= 0.6 is 0 Å². The van der Waals surface area contributed by atoms with E-state index in [0.717, 1.165) is 16.9 Å². The molecule has 0 radical (unpaired) electrons. The highest BCUT2D eigenvalue weighted by Crippen LogP contribution is 1.97. The van der Waals surface area contributed by atoms with Crippen LogP contribution in [0.1, 0.15) is 19.2 Å². The fourth-order valence-corrected chi connectivity index (χ4v) is 1.85. The molecule has 0 aliphatic carbocycles. The summed E-state index contributed by atoms with van der Waals surface area (Å²) in [5.41, 5.74) is 0. The van der Waals surface area contributed by atoms with Crippen molar-refractivity contribution in [1.82, 2.24) is 3.97 Å². The number of aryl methyl sites for hydroxylation is 1. The lowest BCUT2D eigenvalue weighted by molar-refractivity contribution is -0.701. The molecule has 1 aromatic heterocycles. The minimum atomic E-state index is -4.14. The first-order valence-corrected chi connectivity index (χ1v) is 5.42. The normalized spacial score (nSPS) is 11.9. The van der Waals surface area contributed by atoms with Crippen molar-refractivity contribution in [3.63, 3.8) is 0 Å². The number of hydrogen-bond donors (Lipinski definition) is 1. The fourth-order valence-electron chi connectivity index (χ4n) is 1.20. The summed E-state index contributed by atoms with van der Waals surface area (Å²) in [5, 5.41) is 0. The first-order valence-electron chi connectivity index (χ1n) is 4.02. The van der Waals surface area contributed by atoms with Gasteiger partial charge in [-0.3, -0.25) is 4.55 Å². The van der Waals surface area contributed by atoms with Crippen LogP contribution in [-0.4, -0.2) is 16.9 Å². The average Bonchev–Trinajstić information content (AvgIpc) is 2.32. The lowest BCUT2D eigenvalue weighted by Gasteiger charge is -1.95. The zero-order valence-corrected chi connectivity index (χ0v) is 8.45. The van der Waals surface area contributed by atoms with Crippen molar-refractivity contribution >= 4 is 10.3 Å². The number of rotatable bonds is 3. The predicted molar refractivity (Wildman–Crippen MR) is 46.6 cm³/mol. The van der Waals surface area contributed by atoms with E-state index in [-0.39, 0.29) is 0 Å². The Bertz CT molecular complexity index is 394. The van der Waals surface area contributed by atoms with E-state index in [1.54, 1.807) is 17.7 Å². The Morgan fingerprint density at radius 3 is 2.62 bits per heavy atom. The lowest BCUT2D eigenvalue weighted by atomic mass is 10.5. The highest BCUT2D eigenvalue weighted by Gasteiger charge is 2.21. The first-order chi connectivity index (χ1) is 5.96. The number of aromatic nitrogens is 2. The molecule has 0 fully saturated rings. The van der Waals surface area contributed by atoms with Gasteiger partial charge < -0.3 is 0 Å². The van der Waals surface area contributed by atoms with E-state index in [1.807, 2.05) is 6.92 Å². The monoisotopic (exact) mass is 205 g/mol. The van der Waals surface area contributed by atoms with Gasteiger partial charge in [-0.05, 0) is 6.42 Å². The largest absolute Gasteiger partial charge is 0.439 e. The van der Waals surface area contributed by atoms with Crippen molar-refractivity contribution in [3.05, 3.63) is 18.2 Å². The summed E-state index contributed by atoms with van der Waals surface area (Å²) >= 11 is 0. The number of nitrogens with zero attached hydrogens (tertiary/aromatic N) is 2. The molecule has 1 aromatic rings. The van der Waals surface area contributed by atoms with Crippen molar-refractivity contribution in [2.45, 2.75) is 26.8 Å². The topological polar surface area (TPSA) is 63.2 Å². The quantitative estimate of drug-likeness (QED) is 0.564. The molecule has 0 amide bonds. The summed E-state index contributed by atoms with van der Waals surface area (Å²) in [6.07, 6.45) is 3.88. The van der Waals surface area contributed by atoms with Crippen molar-refractivity contribution in [3.8, 4) is 0 Å². The zero-order chi connectivity index (χ0) is 10.1. The van der Waals surface area contributed by atoms with Crippen molar-refractivity contribution in [2.24, 2.45) is 0 Å². The molecule has 0 bridgehead atoms. The first kappa shape index (κ1) is 10.2. The zero-order valence-electron chi connectivity index (χ0n) is 7.64. The second-order valence-corrected chi connectivity index (χ2v) is 4.10. The van der Waals surface area contributed by atoms with Crippen LogP contribution in [0, 0.1) is 6.92 Å². The third kappa shape index (κ3) is 2.07. The smallest absolute Gasteiger partial charge is 0.251 e. The lowest BCUT2D eigenvalue weighted by Crippen LogP contribution is -2.35. The van der Waals surface area contributed by atoms with Crippen LogP contribution in [0.5, 0.6) is 0 Å². The third-order valence-electron chi connectivity index (χ3n) is 1.83. The molecule has 0 unspecified atom stereocenters. The third-order valence-corrected chi connectivity index (χ3v) is 2.71. The number of imidazole rings is 1. The van der Waals surface area contributed by atoms with Gasteiger partial charge in [-0.1, -0.05) is 10.9 Å². The van der Waals surface area contributed by atoms with Gasteiger partial charge in [0.2, 0.25) is 0 Å². The Morgan fingerprint density at radius 1 is 1.62 bits per heavy atom. The predicted octanol–water partition coefficient (Wildman–Crippen LogP) is 0.145. The molecular formula is C7H13N2O3S+. The van der Waals surface area contributed by atoms with Crippen LogP contribution in [0.4, 0.5) is 0 Å². The van der Waals surface area contributed by atoms with E-state index < -0.39 is 10.3 Å². The van der Waals surface area contributed by atoms with Crippen LogP contribution in [0.2, 0.25) is 0 Å². The average molecular weight is 205 g/mol. The molecule has 0 aliphatic rings. The summed E-state index contributed by atoms with van der Waals surface area (Å²) in [6, 6.07) is 0. The van der Waals surface area contributed by atoms with Crippen molar-refractivity contribution in [2.75, 3.05) is 0 Å². The molecule has 13 heavy (non-hydrogen) atoms. The highest BCUT2D eigenvalue weighted by molar-refractivity contribution is 7.84. The summed E-state index contributed by atoms with van der Waals surface area (Å²) < 4.78 is 32.9. The molecule has 6 heteroatoms. The van der Waals surface area contributed by atoms with E-state index in [1.165, 1.54) is 6.20 Å². The maximum absolute atomic E-state index is 10.8. The second-order valence-electron chi connectivity index (χ2n) is 2.81. The van der Waals surface area contributed by atoms with E-state index in [4.69, 9.17) is 4.55 Å². The molecule has 0 saturated heterocycles. The Kier molecular flexibility index (Phi) is 2.72. The summed E-state index contributed by atoms with van der Waals surface area (Å²) in [5.74, 6) is 0.504. The van der Waals surface area contributed by atoms with Crippen LogP contribution in [0.15, 0.2) is 12.4 Å². The van der Waals surface area contributed by atoms with Gasteiger partial charge in [0.05, 0.1) is 6.54 Å². The Morgan fingerprint density at radius 2 is 2.23 bits per heavy atom. The molecule has 1 rings (SSSR count). The van der Waals surface area contributed by atoms with Crippen LogP contribution in [0.25, 0.3) is 0 Å². The minimum absolute atomic E-state index is 0.504. The summed E-state index contributed by atoms with van der Waals surface area (Å²) in [7, 11) is -4.14. The van der Waals surface area contributed by atoms with Crippen LogP contribution in [0.3, 0.4) is 0 Å². The van der Waals surface area contributed by atoms with Crippen LogP contribution < -0.4 is 4.57 Å². The molecule has 0 aromatic carbocycles. The SMILES string of the molecule is CCC[n+]1ccn(S(=O)(=O)O)c1C. The molecule has 74 valence electrons. The van der Waals surface area contributed by atoms with Gasteiger partial charge in [-0.15, -0.1) is 0 Å². The standard InChI is InChI=1S/C7H12N2O3S/c1-3-4-8-5-6-9(7(8)2)13(10,11)12/h5-6H,3-4H2,1-2H3/p+1. The van der Waals surface area contributed by atoms with Crippen LogP contribution in [-0.2, 0) is 16.8 Å². The van der Waals surface area contributed by atoms with Gasteiger partial charge in [0.15, 0.2) is 0 Å². The van der Waals surface area contributed by atoms with E-state index in [0.29, 0.717) is 5.82 Å². The molecule has 1 N–H and O–H groups in total. The molecule has 5 nitrogen and oxygen atoms in total. The maximum Gasteiger partial charge on any atom is 0.439 e. The van der Waals surface area contributed by atoms with E-state index in [2.05, 4.69) is 0 Å². The second kappa shape index (κ2) is 3.47. The molecule has 0 spiro atoms. The fraction of sp³-hybridized carbons (Fsp3) is 0.571. The Balaban J connectivity index is 3.14. The molecule has 1 heterocycles. The van der Waals surface area contributed by atoms with E-state index in [9.17, 15) is 8.42 Å². The van der Waals surface area contributed by atoms with Gasteiger partial charge in [0, 0.05) is 6.92 Å². The Hall–Kier alpha value is -0.880. The van der Waals surface area contributed by atoms with Crippen molar-refractivity contribution in [1.29, 1.82) is 0 Å². The van der Waals surface area contributed by atoms with Gasteiger partial charge in [-0.25, -0.2) is 4.57 Å². The molecular weight excluding hydrogens is 192 g/mol. The molecule has 0 saturated carbocycles. The van der Waals surface area contributed by atoms with Crippen molar-refractivity contribution < 1.29 is 17.5 Å². The Labute approximate surface area is 77.5 Å².